The lowest BCUT2D eigenvalue weighted by Gasteiger charge is -2.32. The van der Waals surface area contributed by atoms with Crippen LogP contribution in [0.25, 0.3) is 0 Å². The molecule has 4 rings (SSSR count). The molecule has 2 heterocycles. The number of hydrogen-bond donors (Lipinski definition) is 3. The van der Waals surface area contributed by atoms with E-state index in [1.165, 1.54) is 44.0 Å². The summed E-state index contributed by atoms with van der Waals surface area (Å²) in [7, 11) is -4.21. The third-order valence-corrected chi connectivity index (χ3v) is 7.00. The molecule has 0 saturated heterocycles. The quantitative estimate of drug-likeness (QED) is 0.282. The molecule has 0 unspecified atom stereocenters. The molecule has 1 aliphatic heterocycles. The van der Waals surface area contributed by atoms with Crippen LogP contribution in [0.2, 0.25) is 0 Å². The zero-order valence-corrected chi connectivity index (χ0v) is 22.4. The molecule has 1 fully saturated rings. The summed E-state index contributed by atoms with van der Waals surface area (Å²) in [4.78, 5) is 29.5. The second-order valence-corrected chi connectivity index (χ2v) is 11.1. The van der Waals surface area contributed by atoms with Gasteiger partial charge in [-0.25, -0.2) is 14.5 Å². The van der Waals surface area contributed by atoms with Gasteiger partial charge in [-0.2, -0.15) is 4.98 Å². The van der Waals surface area contributed by atoms with E-state index < -0.39 is 13.4 Å². The van der Waals surface area contributed by atoms with Crippen molar-refractivity contribution in [1.82, 2.24) is 9.97 Å². The van der Waals surface area contributed by atoms with Crippen LogP contribution < -0.4 is 10.5 Å². The molecule has 198 valence electrons. The average molecular weight is 519 g/mol. The highest BCUT2D eigenvalue weighted by Crippen LogP contribution is 2.39. The van der Waals surface area contributed by atoms with Gasteiger partial charge in [0.25, 0.3) is 0 Å². The molecule has 4 N–H and O–H groups in total. The Bertz CT molecular complexity index is 1060. The number of phosphoric ester groups is 1. The van der Waals surface area contributed by atoms with Gasteiger partial charge in [0.15, 0.2) is 11.5 Å². The largest absolute Gasteiger partial charge is 0.469 e. The Morgan fingerprint density at radius 2 is 1.78 bits per heavy atom. The first-order chi connectivity index (χ1) is 17.1. The topological polar surface area (TPSA) is 140 Å². The molecular formula is C26H39N4O5P. The summed E-state index contributed by atoms with van der Waals surface area (Å²) < 4.78 is 20.4. The minimum Gasteiger partial charge on any atom is -0.463 e. The first-order valence-corrected chi connectivity index (χ1v) is 14.3. The average Bonchev–Trinajstić information content (AvgIpc) is 2.84. The normalized spacial score (nSPS) is 17.3. The van der Waals surface area contributed by atoms with Crippen LogP contribution in [0.3, 0.4) is 0 Å². The van der Waals surface area contributed by atoms with E-state index in [2.05, 4.69) is 45.7 Å². The molecule has 1 aliphatic carbocycles. The first kappa shape index (κ1) is 28.3. The van der Waals surface area contributed by atoms with Crippen LogP contribution in [0.5, 0.6) is 5.88 Å². The van der Waals surface area contributed by atoms with Gasteiger partial charge in [0.05, 0.1) is 12.3 Å². The molecule has 10 heteroatoms. The zero-order chi connectivity index (χ0) is 26.2. The number of nitrogens with two attached hydrogens (primary N) is 1. The highest BCUT2D eigenvalue weighted by molar-refractivity contribution is 7.46. The van der Waals surface area contributed by atoms with E-state index in [0.29, 0.717) is 23.3 Å². The molecular weight excluding hydrogens is 479 g/mol. The maximum atomic E-state index is 10.1. The summed E-state index contributed by atoms with van der Waals surface area (Å²) >= 11 is 0. The van der Waals surface area contributed by atoms with Crippen LogP contribution in [-0.4, -0.2) is 37.7 Å². The Kier molecular flexibility index (Phi) is 10.0. The summed E-state index contributed by atoms with van der Waals surface area (Å²) in [6.45, 7) is 6.23. The number of phosphoric acid groups is 1. The molecule has 0 atom stereocenters. The number of nitrogen functional groups attached to an aromatic ring is 1. The fraction of sp³-hybridized carbons (Fsp3) is 0.577. The number of ether oxygens (including phenoxy) is 1. The standard InChI is InChI=1S/C20H24N4O.C6H15O4P/c1-20(2)17(24-16-18(21)22-12-23-19(16)25-20)15-10-8-14(9-11-15)13-6-4-3-5-7-13;1-2-3-4-5-6-10-11(7,8)9/h8-13H,3-7H2,1-2H3,(H2,21,22,23);2-6H2,1H3,(H2,7,8,9). The second-order valence-electron chi connectivity index (χ2n) is 9.83. The smallest absolute Gasteiger partial charge is 0.463 e. The van der Waals surface area contributed by atoms with Crippen molar-refractivity contribution in [3.63, 3.8) is 0 Å². The molecule has 1 aromatic carbocycles. The summed E-state index contributed by atoms with van der Waals surface area (Å²) in [5.41, 5.74) is 9.25. The maximum absolute atomic E-state index is 10.1. The number of unbranched alkanes of at least 4 members (excludes halogenated alkanes) is 3. The van der Waals surface area contributed by atoms with Crippen LogP contribution in [0, 0.1) is 0 Å². The lowest BCUT2D eigenvalue weighted by atomic mass is 9.83. The lowest BCUT2D eigenvalue weighted by Crippen LogP contribution is -2.41. The zero-order valence-electron chi connectivity index (χ0n) is 21.5. The minimum absolute atomic E-state index is 0.157. The van der Waals surface area contributed by atoms with E-state index in [4.69, 9.17) is 25.2 Å². The number of aromatic nitrogens is 2. The number of benzene rings is 1. The maximum Gasteiger partial charge on any atom is 0.469 e. The fourth-order valence-corrected chi connectivity index (χ4v) is 4.93. The van der Waals surface area contributed by atoms with Crippen molar-refractivity contribution in [3.8, 4) is 5.88 Å². The summed E-state index contributed by atoms with van der Waals surface area (Å²) in [6, 6.07) is 8.78. The molecule has 0 spiro atoms. The molecule has 0 bridgehead atoms. The first-order valence-electron chi connectivity index (χ1n) is 12.8. The summed E-state index contributed by atoms with van der Waals surface area (Å²) in [5, 5.41) is 0. The van der Waals surface area contributed by atoms with Crippen molar-refractivity contribution in [2.45, 2.75) is 90.1 Å². The number of aliphatic imine (C=N–C) groups is 1. The van der Waals surface area contributed by atoms with E-state index in [0.717, 1.165) is 37.0 Å². The molecule has 1 saturated carbocycles. The minimum atomic E-state index is -4.21. The SMILES string of the molecule is CC1(C)Oc2ncnc(N)c2N=C1c1ccc(C2CCCCC2)cc1.CCCCCCOP(=O)(O)O. The second kappa shape index (κ2) is 12.8. The van der Waals surface area contributed by atoms with Crippen molar-refractivity contribution >= 4 is 25.0 Å². The fourth-order valence-electron chi connectivity index (χ4n) is 4.57. The van der Waals surface area contributed by atoms with Crippen LogP contribution in [0.15, 0.2) is 35.6 Å². The van der Waals surface area contributed by atoms with Crippen molar-refractivity contribution in [2.24, 2.45) is 4.99 Å². The van der Waals surface area contributed by atoms with Gasteiger partial charge < -0.3 is 20.3 Å². The predicted octanol–water partition coefficient (Wildman–Crippen LogP) is 6.07. The Hall–Kier alpha value is -2.32. The Morgan fingerprint density at radius 3 is 2.42 bits per heavy atom. The molecule has 9 nitrogen and oxygen atoms in total. The number of nitrogens with zero attached hydrogens (tertiary/aromatic N) is 3. The molecule has 2 aliphatic rings. The Morgan fingerprint density at radius 1 is 1.08 bits per heavy atom. The summed E-state index contributed by atoms with van der Waals surface area (Å²) in [5.74, 6) is 1.49. The summed E-state index contributed by atoms with van der Waals surface area (Å²) in [6.07, 6.45) is 12.0. The molecule has 1 aromatic heterocycles. The van der Waals surface area contributed by atoms with Gasteiger partial charge in [0.2, 0.25) is 5.88 Å². The van der Waals surface area contributed by atoms with Crippen molar-refractivity contribution in [2.75, 3.05) is 12.3 Å². The van der Waals surface area contributed by atoms with Gasteiger partial charge in [-0.15, -0.1) is 0 Å². The number of rotatable bonds is 8. The number of hydrogen-bond acceptors (Lipinski definition) is 7. The van der Waals surface area contributed by atoms with E-state index in [9.17, 15) is 4.57 Å². The van der Waals surface area contributed by atoms with Gasteiger partial charge in [-0.3, -0.25) is 4.52 Å². The van der Waals surface area contributed by atoms with Gasteiger partial charge in [-0.1, -0.05) is 69.7 Å². The van der Waals surface area contributed by atoms with Crippen LogP contribution in [-0.2, 0) is 9.09 Å². The van der Waals surface area contributed by atoms with E-state index in [1.54, 1.807) is 0 Å². The highest BCUT2D eigenvalue weighted by atomic mass is 31.2. The Labute approximate surface area is 213 Å². The van der Waals surface area contributed by atoms with E-state index in [1.807, 2.05) is 13.8 Å². The van der Waals surface area contributed by atoms with Crippen molar-refractivity contribution in [1.29, 1.82) is 0 Å². The van der Waals surface area contributed by atoms with Crippen LogP contribution in [0.1, 0.15) is 95.6 Å². The molecule has 36 heavy (non-hydrogen) atoms. The Balaban J connectivity index is 0.000000280. The van der Waals surface area contributed by atoms with Gasteiger partial charge in [0, 0.05) is 5.56 Å². The van der Waals surface area contributed by atoms with Crippen LogP contribution >= 0.6 is 7.82 Å². The highest BCUT2D eigenvalue weighted by Gasteiger charge is 2.35. The number of anilines is 1. The van der Waals surface area contributed by atoms with Gasteiger partial charge in [-0.05, 0) is 44.6 Å². The van der Waals surface area contributed by atoms with Gasteiger partial charge in [0.1, 0.15) is 11.9 Å². The van der Waals surface area contributed by atoms with Crippen molar-refractivity contribution < 1.29 is 23.6 Å². The molecule has 0 amide bonds. The van der Waals surface area contributed by atoms with Crippen molar-refractivity contribution in [3.05, 3.63) is 41.7 Å². The molecule has 2 aromatic rings. The lowest BCUT2D eigenvalue weighted by molar-refractivity contribution is 0.171. The number of fused-ring (bicyclic) bond motifs is 1. The third kappa shape index (κ3) is 8.10. The predicted molar refractivity (Wildman–Crippen MR) is 142 cm³/mol. The monoisotopic (exact) mass is 518 g/mol. The third-order valence-electron chi connectivity index (χ3n) is 6.48. The van der Waals surface area contributed by atoms with Crippen LogP contribution in [0.4, 0.5) is 11.5 Å². The van der Waals surface area contributed by atoms with E-state index in [-0.39, 0.29) is 6.61 Å². The molecule has 0 radical (unpaired) electrons. The van der Waals surface area contributed by atoms with Gasteiger partial charge >= 0.3 is 7.82 Å². The van der Waals surface area contributed by atoms with E-state index >= 15 is 0 Å².